The Morgan fingerprint density at radius 3 is 3.00 bits per heavy atom. The second kappa shape index (κ2) is 4.40. The fraction of sp³-hybridized carbons (Fsp3) is 0.182. The molecule has 0 aliphatic rings. The minimum atomic E-state index is -0.177. The van der Waals surface area contributed by atoms with Gasteiger partial charge in [-0.3, -0.25) is 14.8 Å². The van der Waals surface area contributed by atoms with Crippen LogP contribution in [0.25, 0.3) is 0 Å². The molecule has 1 N–H and O–H groups in total. The lowest BCUT2D eigenvalue weighted by molar-refractivity contribution is 0.738. The molecule has 0 unspecified atom stereocenters. The predicted molar refractivity (Wildman–Crippen MR) is 64.0 cm³/mol. The van der Waals surface area contributed by atoms with E-state index in [0.717, 1.165) is 11.1 Å². The molecule has 0 aromatic carbocycles. The van der Waals surface area contributed by atoms with Gasteiger partial charge in [-0.05, 0) is 36.3 Å². The smallest absolute Gasteiger partial charge is 0.251 e. The summed E-state index contributed by atoms with van der Waals surface area (Å²) in [6, 6.07) is 3.41. The third kappa shape index (κ3) is 2.25. The average molecular weight is 233 g/mol. The van der Waals surface area contributed by atoms with Crippen molar-refractivity contribution in [3.05, 3.63) is 57.0 Å². The second-order valence-corrected chi connectivity index (χ2v) is 3.93. The van der Waals surface area contributed by atoms with Crippen LogP contribution in [0.2, 0.25) is 0 Å². The largest absolute Gasteiger partial charge is 0.321 e. The second-order valence-electron chi connectivity index (χ2n) is 3.54. The van der Waals surface area contributed by atoms with Gasteiger partial charge in [-0.2, -0.15) is 0 Å². The molecule has 4 nitrogen and oxygen atoms in total. The van der Waals surface area contributed by atoms with E-state index in [2.05, 4.69) is 9.97 Å². The Balaban J connectivity index is 2.38. The summed E-state index contributed by atoms with van der Waals surface area (Å²) in [6.07, 6.45) is 5.25. The van der Waals surface area contributed by atoms with E-state index in [4.69, 9.17) is 12.2 Å². The van der Waals surface area contributed by atoms with Crippen LogP contribution in [0, 0.1) is 11.7 Å². The van der Waals surface area contributed by atoms with Crippen LogP contribution in [0.1, 0.15) is 11.1 Å². The van der Waals surface area contributed by atoms with Gasteiger partial charge >= 0.3 is 0 Å². The lowest BCUT2D eigenvalue weighted by atomic mass is 10.1. The number of aromatic amines is 1. The number of H-pyrrole nitrogens is 1. The maximum atomic E-state index is 11.0. The zero-order valence-corrected chi connectivity index (χ0v) is 9.62. The van der Waals surface area contributed by atoms with Crippen LogP contribution in [0.3, 0.4) is 0 Å². The van der Waals surface area contributed by atoms with Crippen LogP contribution in [-0.2, 0) is 6.54 Å². The van der Waals surface area contributed by atoms with Crippen molar-refractivity contribution in [2.24, 2.45) is 0 Å². The Labute approximate surface area is 97.6 Å². The lowest BCUT2D eigenvalue weighted by Crippen LogP contribution is -2.12. The number of hydrogen-bond donors (Lipinski definition) is 1. The minimum Gasteiger partial charge on any atom is -0.321 e. The van der Waals surface area contributed by atoms with Gasteiger partial charge in [-0.1, -0.05) is 0 Å². The standard InChI is InChI=1S/C11H11N3OS/c1-8-2-4-12-6-9(8)7-14-5-3-10(15)13-11(14)16/h2-6H,7H2,1H3,(H,13,15,16). The van der Waals surface area contributed by atoms with Gasteiger partial charge in [0.25, 0.3) is 5.56 Å². The Bertz CT molecular complexity index is 615. The number of hydrogen-bond acceptors (Lipinski definition) is 3. The lowest BCUT2D eigenvalue weighted by Gasteiger charge is -2.07. The molecule has 0 amide bonds. The third-order valence-electron chi connectivity index (χ3n) is 2.39. The first kappa shape index (κ1) is 10.8. The summed E-state index contributed by atoms with van der Waals surface area (Å²) in [6.45, 7) is 2.64. The van der Waals surface area contributed by atoms with Gasteiger partial charge in [0, 0.05) is 24.7 Å². The molecule has 5 heteroatoms. The zero-order valence-electron chi connectivity index (χ0n) is 8.80. The maximum absolute atomic E-state index is 11.0. The number of aryl methyl sites for hydroxylation is 1. The van der Waals surface area contributed by atoms with Crippen LogP contribution in [0.4, 0.5) is 0 Å². The Morgan fingerprint density at radius 1 is 1.50 bits per heavy atom. The molecule has 0 atom stereocenters. The number of pyridine rings is 1. The molecule has 0 saturated carbocycles. The normalized spacial score (nSPS) is 10.3. The zero-order chi connectivity index (χ0) is 11.5. The molecule has 0 fully saturated rings. The van der Waals surface area contributed by atoms with E-state index in [9.17, 15) is 4.79 Å². The first-order valence-electron chi connectivity index (χ1n) is 4.86. The summed E-state index contributed by atoms with van der Waals surface area (Å²) in [7, 11) is 0. The molecule has 2 aromatic rings. The molecule has 0 aliphatic carbocycles. The van der Waals surface area contributed by atoms with Gasteiger partial charge < -0.3 is 4.57 Å². The van der Waals surface area contributed by atoms with E-state index in [1.54, 1.807) is 17.0 Å². The van der Waals surface area contributed by atoms with E-state index in [0.29, 0.717) is 11.3 Å². The Morgan fingerprint density at radius 2 is 2.31 bits per heavy atom. The quantitative estimate of drug-likeness (QED) is 0.802. The number of nitrogens with zero attached hydrogens (tertiary/aromatic N) is 2. The van der Waals surface area contributed by atoms with Gasteiger partial charge in [0.2, 0.25) is 0 Å². The van der Waals surface area contributed by atoms with Crippen molar-refractivity contribution < 1.29 is 0 Å². The van der Waals surface area contributed by atoms with E-state index in [1.807, 2.05) is 19.2 Å². The van der Waals surface area contributed by atoms with Crippen molar-refractivity contribution in [3.63, 3.8) is 0 Å². The molecule has 0 saturated heterocycles. The highest BCUT2D eigenvalue weighted by atomic mass is 32.1. The molecule has 0 spiro atoms. The van der Waals surface area contributed by atoms with Crippen LogP contribution in [-0.4, -0.2) is 14.5 Å². The Kier molecular flexibility index (Phi) is 2.96. The van der Waals surface area contributed by atoms with Crippen molar-refractivity contribution in [2.45, 2.75) is 13.5 Å². The van der Waals surface area contributed by atoms with E-state index in [-0.39, 0.29) is 5.56 Å². The fourth-order valence-electron chi connectivity index (χ4n) is 1.41. The van der Waals surface area contributed by atoms with Gasteiger partial charge in [0.15, 0.2) is 4.77 Å². The summed E-state index contributed by atoms with van der Waals surface area (Å²) in [5, 5.41) is 0. The summed E-state index contributed by atoms with van der Waals surface area (Å²) in [5.74, 6) is 0. The molecule has 0 radical (unpaired) electrons. The summed E-state index contributed by atoms with van der Waals surface area (Å²) < 4.78 is 2.23. The van der Waals surface area contributed by atoms with E-state index in [1.165, 1.54) is 6.07 Å². The van der Waals surface area contributed by atoms with Crippen LogP contribution < -0.4 is 5.56 Å². The monoisotopic (exact) mass is 233 g/mol. The molecule has 2 rings (SSSR count). The van der Waals surface area contributed by atoms with Crippen molar-refractivity contribution in [3.8, 4) is 0 Å². The maximum Gasteiger partial charge on any atom is 0.251 e. The van der Waals surface area contributed by atoms with Crippen molar-refractivity contribution >= 4 is 12.2 Å². The fourth-order valence-corrected chi connectivity index (χ4v) is 1.64. The molecule has 16 heavy (non-hydrogen) atoms. The van der Waals surface area contributed by atoms with Crippen LogP contribution >= 0.6 is 12.2 Å². The SMILES string of the molecule is Cc1ccncc1Cn1ccc(=O)[nH]c1=S. The van der Waals surface area contributed by atoms with Gasteiger partial charge in [0.05, 0.1) is 6.54 Å². The minimum absolute atomic E-state index is 0.177. The molecule has 2 aromatic heterocycles. The molecule has 2 heterocycles. The van der Waals surface area contributed by atoms with E-state index >= 15 is 0 Å². The third-order valence-corrected chi connectivity index (χ3v) is 2.72. The van der Waals surface area contributed by atoms with Gasteiger partial charge in [-0.15, -0.1) is 0 Å². The predicted octanol–water partition coefficient (Wildman–Crippen LogP) is 1.66. The van der Waals surface area contributed by atoms with E-state index < -0.39 is 0 Å². The first-order chi connectivity index (χ1) is 7.66. The highest BCUT2D eigenvalue weighted by Gasteiger charge is 1.99. The van der Waals surface area contributed by atoms with Gasteiger partial charge in [0.1, 0.15) is 0 Å². The summed E-state index contributed by atoms with van der Waals surface area (Å²) >= 11 is 5.07. The number of aromatic nitrogens is 3. The van der Waals surface area contributed by atoms with Crippen LogP contribution in [0.5, 0.6) is 0 Å². The van der Waals surface area contributed by atoms with Crippen LogP contribution in [0.15, 0.2) is 35.5 Å². The molecule has 0 bridgehead atoms. The topological polar surface area (TPSA) is 50.7 Å². The molecule has 0 aliphatic heterocycles. The first-order valence-corrected chi connectivity index (χ1v) is 5.27. The number of rotatable bonds is 2. The van der Waals surface area contributed by atoms with Gasteiger partial charge in [-0.25, -0.2) is 0 Å². The van der Waals surface area contributed by atoms with Crippen molar-refractivity contribution in [1.29, 1.82) is 0 Å². The summed E-state index contributed by atoms with van der Waals surface area (Å²) in [5.41, 5.74) is 2.07. The molecular weight excluding hydrogens is 222 g/mol. The molecular formula is C11H11N3OS. The summed E-state index contributed by atoms with van der Waals surface area (Å²) in [4.78, 5) is 17.7. The van der Waals surface area contributed by atoms with Crippen molar-refractivity contribution in [1.82, 2.24) is 14.5 Å². The number of nitrogens with one attached hydrogen (secondary N) is 1. The average Bonchev–Trinajstić information content (AvgIpc) is 2.25. The molecule has 82 valence electrons. The Hall–Kier alpha value is -1.75. The highest BCUT2D eigenvalue weighted by Crippen LogP contribution is 2.06. The highest BCUT2D eigenvalue weighted by molar-refractivity contribution is 7.71. The van der Waals surface area contributed by atoms with Crippen molar-refractivity contribution in [2.75, 3.05) is 0 Å².